The van der Waals surface area contributed by atoms with E-state index in [1.807, 2.05) is 17.5 Å². The van der Waals surface area contributed by atoms with Gasteiger partial charge in [-0.2, -0.15) is 0 Å². The van der Waals surface area contributed by atoms with E-state index in [4.69, 9.17) is 0 Å². The molecule has 0 radical (unpaired) electrons. The molecule has 0 aromatic carbocycles. The zero-order chi connectivity index (χ0) is 9.26. The van der Waals surface area contributed by atoms with Crippen LogP contribution in [0.4, 0.5) is 0 Å². The normalized spacial score (nSPS) is 10.2. The van der Waals surface area contributed by atoms with Crippen LogP contribution in [0.15, 0.2) is 35.8 Å². The maximum Gasteiger partial charge on any atom is 0.169 e. The average molecular weight is 194 g/mol. The van der Waals surface area contributed by atoms with Crippen LogP contribution in [0.5, 0.6) is 0 Å². The monoisotopic (exact) mass is 194 g/mol. The lowest BCUT2D eigenvalue weighted by Crippen LogP contribution is -2.07. The van der Waals surface area contributed by atoms with Gasteiger partial charge in [-0.3, -0.25) is 0 Å². The molecule has 0 aliphatic carbocycles. The molecule has 66 valence electrons. The second kappa shape index (κ2) is 3.02. The Balaban J connectivity index is 2.52. The van der Waals surface area contributed by atoms with E-state index in [2.05, 4.69) is 0 Å². The van der Waals surface area contributed by atoms with Crippen LogP contribution in [0.3, 0.4) is 0 Å². The summed E-state index contributed by atoms with van der Waals surface area (Å²) in [6, 6.07) is 7.13. The Morgan fingerprint density at radius 1 is 1.38 bits per heavy atom. The first-order chi connectivity index (χ1) is 6.29. The molecule has 2 rings (SSSR count). The first kappa shape index (κ1) is 8.00. The molecule has 0 atom stereocenters. The molecule has 0 saturated carbocycles. The van der Waals surface area contributed by atoms with Crippen LogP contribution in [0.25, 0.3) is 10.6 Å². The number of nitrogens with zero attached hydrogens (tertiary/aromatic N) is 2. The highest BCUT2D eigenvalue weighted by Crippen LogP contribution is 2.24. The molecular weight excluding hydrogens is 188 g/mol. The lowest BCUT2D eigenvalue weighted by Gasteiger charge is -1.95. The van der Waals surface area contributed by atoms with Crippen LogP contribution in [0.1, 0.15) is 0 Å². The predicted molar refractivity (Wildman–Crippen MR) is 50.1 cm³/mol. The lowest BCUT2D eigenvalue weighted by molar-refractivity contribution is -0.540. The molecule has 0 unspecified atom stereocenters. The zero-order valence-corrected chi connectivity index (χ0v) is 7.40. The molecule has 2 heterocycles. The summed E-state index contributed by atoms with van der Waals surface area (Å²) < 4.78 is 1.02. The van der Waals surface area contributed by atoms with E-state index >= 15 is 0 Å². The Labute approximate surface area is 78.2 Å². The van der Waals surface area contributed by atoms with Gasteiger partial charge in [0.05, 0.1) is 11.1 Å². The van der Waals surface area contributed by atoms with Gasteiger partial charge in [0.25, 0.3) is 0 Å². The van der Waals surface area contributed by atoms with Gasteiger partial charge in [0.2, 0.25) is 0 Å². The molecule has 2 aromatic rings. The quantitative estimate of drug-likeness (QED) is 0.543. The maximum absolute atomic E-state index is 10.6. The summed E-state index contributed by atoms with van der Waals surface area (Å²) in [5.41, 5.74) is 0.625. The third kappa shape index (κ3) is 1.33. The number of rotatable bonds is 2. The topological polar surface area (TPSA) is 48.1 Å². The summed E-state index contributed by atoms with van der Waals surface area (Å²) >= 11 is 1.49. The molecule has 4 nitrogen and oxygen atoms in total. The van der Waals surface area contributed by atoms with Gasteiger partial charge in [0.15, 0.2) is 5.03 Å². The minimum Gasteiger partial charge on any atom is -0.234 e. The van der Waals surface area contributed by atoms with Crippen molar-refractivity contribution in [2.24, 2.45) is 0 Å². The molecule has 5 heteroatoms. The minimum atomic E-state index is -0.435. The maximum atomic E-state index is 10.6. The van der Waals surface area contributed by atoms with Gasteiger partial charge in [-0.1, -0.05) is 10.7 Å². The molecule has 0 aliphatic rings. The van der Waals surface area contributed by atoms with Crippen molar-refractivity contribution in [2.75, 3.05) is 0 Å². The Bertz CT molecular complexity index is 419. The fourth-order valence-electron chi connectivity index (χ4n) is 1.13. The molecule has 0 saturated heterocycles. The Morgan fingerprint density at radius 3 is 2.85 bits per heavy atom. The fourth-order valence-corrected chi connectivity index (χ4v) is 1.88. The van der Waals surface area contributed by atoms with E-state index in [1.165, 1.54) is 17.5 Å². The van der Waals surface area contributed by atoms with E-state index in [-0.39, 0.29) is 0 Å². The van der Waals surface area contributed by atoms with Crippen LogP contribution >= 0.6 is 11.3 Å². The second-order valence-corrected chi connectivity index (χ2v) is 3.40. The highest BCUT2D eigenvalue weighted by Gasteiger charge is 2.11. The molecule has 0 spiro atoms. The zero-order valence-electron chi connectivity index (χ0n) is 6.58. The fraction of sp³-hybridized carbons (Fsp3) is 0. The van der Waals surface area contributed by atoms with Crippen LogP contribution in [0.2, 0.25) is 0 Å². The van der Waals surface area contributed by atoms with Crippen LogP contribution in [0, 0.1) is 10.1 Å². The average Bonchev–Trinajstić information content (AvgIpc) is 2.74. The Hall–Kier alpha value is -1.62. The summed E-state index contributed by atoms with van der Waals surface area (Å²) in [5, 5.41) is 12.0. The van der Waals surface area contributed by atoms with Gasteiger partial charge in [-0.15, -0.1) is 11.3 Å². The van der Waals surface area contributed by atoms with E-state index < -0.39 is 5.03 Å². The number of thiophene rings is 1. The summed E-state index contributed by atoms with van der Waals surface area (Å²) in [6.07, 6.45) is 1.44. The molecule has 13 heavy (non-hydrogen) atoms. The molecule has 0 amide bonds. The third-order valence-corrected chi connectivity index (χ3v) is 2.57. The summed E-state index contributed by atoms with van der Waals surface area (Å²) in [7, 11) is 0. The Morgan fingerprint density at radius 2 is 2.23 bits per heavy atom. The number of hydrogen-bond donors (Lipinski definition) is 0. The lowest BCUT2D eigenvalue weighted by atomic mass is 10.3. The Kier molecular flexibility index (Phi) is 1.86. The summed E-state index contributed by atoms with van der Waals surface area (Å²) in [5.74, 6) is 0. The van der Waals surface area contributed by atoms with Crippen molar-refractivity contribution in [3.63, 3.8) is 0 Å². The third-order valence-electron chi connectivity index (χ3n) is 1.68. The van der Waals surface area contributed by atoms with Crippen LogP contribution in [-0.2, 0) is 0 Å². The van der Waals surface area contributed by atoms with Gasteiger partial charge in [0.1, 0.15) is 5.69 Å². The van der Waals surface area contributed by atoms with E-state index in [1.54, 1.807) is 12.1 Å². The van der Waals surface area contributed by atoms with Crippen LogP contribution < -0.4 is 0 Å². The van der Waals surface area contributed by atoms with E-state index in [0.29, 0.717) is 5.69 Å². The highest BCUT2D eigenvalue weighted by atomic mass is 32.1. The number of hydrogen-bond acceptors (Lipinski definition) is 3. The van der Waals surface area contributed by atoms with Crippen LogP contribution in [-0.4, -0.2) is 9.71 Å². The van der Waals surface area contributed by atoms with Crippen molar-refractivity contribution in [2.45, 2.75) is 0 Å². The van der Waals surface area contributed by atoms with Crippen molar-refractivity contribution in [1.82, 2.24) is 4.68 Å². The van der Waals surface area contributed by atoms with Gasteiger partial charge in [-0.25, -0.2) is 10.1 Å². The van der Waals surface area contributed by atoms with Gasteiger partial charge < -0.3 is 0 Å². The molecule has 0 fully saturated rings. The SMILES string of the molecule is O=[N+]([O-])n1cccc1-c1cccs1. The molecule has 0 bridgehead atoms. The molecular formula is C8H6N2O2S. The van der Waals surface area contributed by atoms with E-state index in [9.17, 15) is 10.1 Å². The first-order valence-corrected chi connectivity index (χ1v) is 4.53. The second-order valence-electron chi connectivity index (χ2n) is 2.45. The standard InChI is InChI=1S/C8H6N2O2S/c11-10(12)9-5-1-3-7(9)8-4-2-6-13-8/h1-6H. The van der Waals surface area contributed by atoms with Crippen molar-refractivity contribution in [1.29, 1.82) is 0 Å². The van der Waals surface area contributed by atoms with Gasteiger partial charge >= 0.3 is 0 Å². The van der Waals surface area contributed by atoms with Crippen molar-refractivity contribution >= 4 is 11.3 Å². The summed E-state index contributed by atoms with van der Waals surface area (Å²) in [6.45, 7) is 0. The van der Waals surface area contributed by atoms with Gasteiger partial charge in [0, 0.05) is 0 Å². The molecule has 0 N–H and O–H groups in total. The van der Waals surface area contributed by atoms with E-state index in [0.717, 1.165) is 9.55 Å². The minimum absolute atomic E-state index is 0.435. The molecule has 0 aliphatic heterocycles. The van der Waals surface area contributed by atoms with Crippen molar-refractivity contribution in [3.05, 3.63) is 46.0 Å². The highest BCUT2D eigenvalue weighted by molar-refractivity contribution is 7.13. The smallest absolute Gasteiger partial charge is 0.169 e. The molecule has 2 aromatic heterocycles. The number of aromatic nitrogens is 1. The summed E-state index contributed by atoms with van der Waals surface area (Å²) in [4.78, 5) is 11.5. The first-order valence-electron chi connectivity index (χ1n) is 3.65. The largest absolute Gasteiger partial charge is 0.234 e. The van der Waals surface area contributed by atoms with Crippen molar-refractivity contribution < 1.29 is 5.03 Å². The number of nitro groups is 1. The van der Waals surface area contributed by atoms with Crippen molar-refractivity contribution in [3.8, 4) is 10.6 Å². The predicted octanol–water partition coefficient (Wildman–Crippen LogP) is 2.26. The van der Waals surface area contributed by atoms with Gasteiger partial charge in [-0.05, 0) is 23.6 Å².